The van der Waals surface area contributed by atoms with Crippen LogP contribution in [-0.2, 0) is 10.8 Å². The summed E-state index contributed by atoms with van der Waals surface area (Å²) < 4.78 is 0. The van der Waals surface area contributed by atoms with Crippen molar-refractivity contribution in [3.8, 4) is 44.5 Å². The van der Waals surface area contributed by atoms with E-state index in [2.05, 4.69) is 159 Å². The first-order chi connectivity index (χ1) is 25.6. The highest BCUT2D eigenvalue weighted by atomic mass is 16.3. The molecule has 0 amide bonds. The monoisotopic (exact) mass is 674 g/mol. The minimum absolute atomic E-state index is 0.146. The molecule has 2 heteroatoms. The van der Waals surface area contributed by atoms with Crippen LogP contribution in [0.3, 0.4) is 0 Å². The highest BCUT2D eigenvalue weighted by Crippen LogP contribution is 2.56. The SMILES string of the molecule is C=CC1(CCCO)c2ccccc2-c2ccc(-c3c4ccccc4c(-c4ccc5c(c4)C(C=C)(CCCO)c4ccccc4-5)c4ccccc34)cc21. The summed E-state index contributed by atoms with van der Waals surface area (Å²) in [4.78, 5) is 0. The van der Waals surface area contributed by atoms with Crippen molar-refractivity contribution in [2.24, 2.45) is 0 Å². The van der Waals surface area contributed by atoms with Crippen molar-refractivity contribution in [1.29, 1.82) is 0 Å². The van der Waals surface area contributed by atoms with Gasteiger partial charge in [-0.25, -0.2) is 0 Å². The van der Waals surface area contributed by atoms with E-state index in [0.717, 1.165) is 12.8 Å². The number of aliphatic hydroxyl groups is 2. The average Bonchev–Trinajstić information content (AvgIpc) is 3.64. The van der Waals surface area contributed by atoms with Crippen LogP contribution in [0.5, 0.6) is 0 Å². The number of hydrogen-bond donors (Lipinski definition) is 2. The topological polar surface area (TPSA) is 40.5 Å². The third kappa shape index (κ3) is 4.51. The summed E-state index contributed by atoms with van der Waals surface area (Å²) in [6.45, 7) is 9.06. The fourth-order valence-electron chi connectivity index (χ4n) is 9.76. The molecule has 0 saturated heterocycles. The van der Waals surface area contributed by atoms with Gasteiger partial charge in [0.05, 0.1) is 0 Å². The van der Waals surface area contributed by atoms with Crippen LogP contribution in [0.2, 0.25) is 0 Å². The lowest BCUT2D eigenvalue weighted by Crippen LogP contribution is -2.22. The maximum absolute atomic E-state index is 9.95. The predicted molar refractivity (Wildman–Crippen MR) is 218 cm³/mol. The van der Waals surface area contributed by atoms with Gasteiger partial charge in [-0.05, 0) is 126 Å². The Morgan fingerprint density at radius 1 is 0.423 bits per heavy atom. The lowest BCUT2D eigenvalue weighted by molar-refractivity contribution is 0.276. The van der Waals surface area contributed by atoms with Crippen molar-refractivity contribution >= 4 is 21.5 Å². The Balaban J connectivity index is 1.29. The molecule has 2 atom stereocenters. The van der Waals surface area contributed by atoms with Crippen LogP contribution < -0.4 is 0 Å². The number of fused-ring (bicyclic) bond motifs is 8. The van der Waals surface area contributed by atoms with Crippen LogP contribution >= 0.6 is 0 Å². The Kier molecular flexibility index (Phi) is 7.84. The minimum Gasteiger partial charge on any atom is -0.396 e. The van der Waals surface area contributed by atoms with Crippen molar-refractivity contribution in [1.82, 2.24) is 0 Å². The Morgan fingerprint density at radius 2 is 0.769 bits per heavy atom. The van der Waals surface area contributed by atoms with Gasteiger partial charge < -0.3 is 10.2 Å². The molecule has 0 aliphatic heterocycles. The molecule has 2 N–H and O–H groups in total. The third-order valence-electron chi connectivity index (χ3n) is 12.1. The zero-order valence-corrected chi connectivity index (χ0v) is 29.4. The van der Waals surface area contributed by atoms with Crippen LogP contribution in [0.25, 0.3) is 66.1 Å². The third-order valence-corrected chi connectivity index (χ3v) is 12.1. The molecule has 2 aliphatic rings. The molecule has 0 fully saturated rings. The number of hydrogen-bond acceptors (Lipinski definition) is 2. The Morgan fingerprint density at radius 3 is 1.13 bits per heavy atom. The minimum atomic E-state index is -0.369. The molecule has 0 spiro atoms. The first-order valence-electron chi connectivity index (χ1n) is 18.5. The molecule has 52 heavy (non-hydrogen) atoms. The molecule has 254 valence electrons. The number of benzene rings is 7. The molecule has 0 heterocycles. The average molecular weight is 675 g/mol. The van der Waals surface area contributed by atoms with Crippen molar-refractivity contribution in [3.05, 3.63) is 181 Å². The molecule has 7 aromatic rings. The van der Waals surface area contributed by atoms with E-state index in [0.29, 0.717) is 12.8 Å². The Hall–Kier alpha value is -5.54. The highest BCUT2D eigenvalue weighted by Gasteiger charge is 2.42. The summed E-state index contributed by atoms with van der Waals surface area (Å²) in [6.07, 6.45) is 7.20. The van der Waals surface area contributed by atoms with E-state index < -0.39 is 0 Å². The maximum atomic E-state index is 9.95. The smallest absolute Gasteiger partial charge is 0.0431 e. The molecule has 0 radical (unpaired) electrons. The molecule has 2 unspecified atom stereocenters. The molecule has 2 aliphatic carbocycles. The van der Waals surface area contributed by atoms with Gasteiger partial charge in [-0.2, -0.15) is 0 Å². The molecule has 2 nitrogen and oxygen atoms in total. The van der Waals surface area contributed by atoms with Crippen LogP contribution in [-0.4, -0.2) is 23.4 Å². The molecular weight excluding hydrogens is 633 g/mol. The van der Waals surface area contributed by atoms with E-state index in [1.54, 1.807) is 0 Å². The van der Waals surface area contributed by atoms with Gasteiger partial charge >= 0.3 is 0 Å². The van der Waals surface area contributed by atoms with E-state index >= 15 is 0 Å². The molecule has 0 aromatic heterocycles. The Labute approximate surface area is 306 Å². The second-order valence-electron chi connectivity index (χ2n) is 14.5. The number of rotatable bonds is 10. The molecule has 9 rings (SSSR count). The second-order valence-corrected chi connectivity index (χ2v) is 14.5. The van der Waals surface area contributed by atoms with Gasteiger partial charge in [-0.15, -0.1) is 13.2 Å². The Bertz CT molecular complexity index is 2320. The van der Waals surface area contributed by atoms with Gasteiger partial charge in [-0.1, -0.05) is 133 Å². The lowest BCUT2D eigenvalue weighted by Gasteiger charge is -2.29. The van der Waals surface area contributed by atoms with Crippen LogP contribution in [0, 0.1) is 0 Å². The van der Waals surface area contributed by atoms with Gasteiger partial charge in [0, 0.05) is 24.0 Å². The quantitative estimate of drug-likeness (QED) is 0.112. The van der Waals surface area contributed by atoms with Crippen LogP contribution in [0.15, 0.2) is 159 Å². The lowest BCUT2D eigenvalue weighted by atomic mass is 9.73. The summed E-state index contributed by atoms with van der Waals surface area (Å²) in [5.41, 5.74) is 14.1. The first kappa shape index (κ1) is 32.4. The van der Waals surface area contributed by atoms with Crippen LogP contribution in [0.1, 0.15) is 47.9 Å². The summed E-state index contributed by atoms with van der Waals surface area (Å²) in [7, 11) is 0. The molecule has 7 aromatic carbocycles. The summed E-state index contributed by atoms with van der Waals surface area (Å²) >= 11 is 0. The fourth-order valence-corrected chi connectivity index (χ4v) is 9.76. The van der Waals surface area contributed by atoms with Gasteiger partial charge in [0.25, 0.3) is 0 Å². The van der Waals surface area contributed by atoms with E-state index in [4.69, 9.17) is 0 Å². The molecule has 0 saturated carbocycles. The van der Waals surface area contributed by atoms with E-state index in [9.17, 15) is 10.2 Å². The second kappa shape index (κ2) is 12.6. The molecular formula is C50H42O2. The van der Waals surface area contributed by atoms with Gasteiger partial charge in [0.2, 0.25) is 0 Å². The number of allylic oxidation sites excluding steroid dienone is 2. The predicted octanol–water partition coefficient (Wildman–Crippen LogP) is 11.8. The zero-order valence-electron chi connectivity index (χ0n) is 29.4. The zero-order chi connectivity index (χ0) is 35.5. The normalized spacial score (nSPS) is 18.2. The van der Waals surface area contributed by atoms with Gasteiger partial charge in [0.15, 0.2) is 0 Å². The van der Waals surface area contributed by atoms with Crippen molar-refractivity contribution in [2.45, 2.75) is 36.5 Å². The van der Waals surface area contributed by atoms with E-state index in [1.807, 2.05) is 0 Å². The standard InChI is InChI=1S/C50H42O2/c1-3-49(27-13-29-51)43-21-11-9-15-35(43)37-25-23-33(31-45(37)49)47-39-17-5-7-19-41(39)48(42-20-8-6-18-40(42)47)34-24-26-38-36-16-10-12-22-44(36)50(4-2,28-14-30-52)46(38)32-34/h3-12,15-26,31-32,51-52H,1-2,13-14,27-30H2. The van der Waals surface area contributed by atoms with Gasteiger partial charge in [0.1, 0.15) is 0 Å². The number of aliphatic hydroxyl groups excluding tert-OH is 2. The highest BCUT2D eigenvalue weighted by molar-refractivity contribution is 6.21. The van der Waals surface area contributed by atoms with Crippen LogP contribution in [0.4, 0.5) is 0 Å². The molecule has 0 bridgehead atoms. The summed E-state index contributed by atoms with van der Waals surface area (Å²) in [6, 6.07) is 49.0. The van der Waals surface area contributed by atoms with Crippen molar-refractivity contribution in [3.63, 3.8) is 0 Å². The first-order valence-corrected chi connectivity index (χ1v) is 18.5. The van der Waals surface area contributed by atoms with E-state index in [1.165, 1.54) is 88.3 Å². The van der Waals surface area contributed by atoms with Crippen molar-refractivity contribution < 1.29 is 10.2 Å². The van der Waals surface area contributed by atoms with E-state index in [-0.39, 0.29) is 24.0 Å². The fraction of sp³-hybridized carbons (Fsp3) is 0.160. The summed E-state index contributed by atoms with van der Waals surface area (Å²) in [5, 5.41) is 24.8. The van der Waals surface area contributed by atoms with Crippen molar-refractivity contribution in [2.75, 3.05) is 13.2 Å². The summed E-state index contributed by atoms with van der Waals surface area (Å²) in [5.74, 6) is 0. The van der Waals surface area contributed by atoms with Gasteiger partial charge in [-0.3, -0.25) is 0 Å². The maximum Gasteiger partial charge on any atom is 0.0431 e. The largest absolute Gasteiger partial charge is 0.396 e.